The second-order valence-corrected chi connectivity index (χ2v) is 9.82. The minimum atomic E-state index is -2.55. The van der Waals surface area contributed by atoms with Gasteiger partial charge >= 0.3 is 0 Å². The Kier molecular flexibility index (Phi) is 4.54. The van der Waals surface area contributed by atoms with Crippen molar-refractivity contribution in [3.63, 3.8) is 0 Å². The van der Waals surface area contributed by atoms with Crippen LogP contribution in [0.2, 0.25) is 0 Å². The second kappa shape index (κ2) is 6.42. The normalized spacial score (nSPS) is 24.6. The molecule has 2 aromatic carbocycles. The molecular formula is C20H25OP. The lowest BCUT2D eigenvalue weighted by Crippen LogP contribution is -2.29. The first-order chi connectivity index (χ1) is 10.6. The Morgan fingerprint density at radius 2 is 1.36 bits per heavy atom. The predicted octanol–water partition coefficient (Wildman–Crippen LogP) is 4.89. The van der Waals surface area contributed by atoms with Crippen molar-refractivity contribution in [1.29, 1.82) is 0 Å². The summed E-state index contributed by atoms with van der Waals surface area (Å²) in [7, 11) is -2.55. The summed E-state index contributed by atoms with van der Waals surface area (Å²) in [5, 5.41) is 2.06. The molecule has 0 radical (unpaired) electrons. The van der Waals surface area contributed by atoms with Gasteiger partial charge in [0, 0.05) is 16.3 Å². The number of aryl methyl sites for hydroxylation is 1. The summed E-state index contributed by atoms with van der Waals surface area (Å²) in [4.78, 5) is 0. The van der Waals surface area contributed by atoms with Crippen LogP contribution in [0.15, 0.2) is 54.6 Å². The monoisotopic (exact) mass is 312 g/mol. The first-order valence-corrected chi connectivity index (χ1v) is 10.1. The molecule has 1 unspecified atom stereocenters. The van der Waals surface area contributed by atoms with Crippen LogP contribution >= 0.6 is 7.14 Å². The van der Waals surface area contributed by atoms with Crippen molar-refractivity contribution in [2.45, 2.75) is 45.2 Å². The van der Waals surface area contributed by atoms with Crippen molar-refractivity contribution in [3.05, 3.63) is 60.2 Å². The third-order valence-electron chi connectivity index (χ3n) is 5.06. The fourth-order valence-electron chi connectivity index (χ4n) is 3.59. The number of hydrogen-bond donors (Lipinski definition) is 0. The Bertz CT molecular complexity index is 652. The van der Waals surface area contributed by atoms with Crippen molar-refractivity contribution in [2.24, 2.45) is 5.92 Å². The molecule has 1 nitrogen and oxygen atoms in total. The SMILES string of the molecule is Cc1ccc(P(=O)(c2ccccc2)C2CCC(C)CC2)cc1. The average molecular weight is 312 g/mol. The van der Waals surface area contributed by atoms with E-state index in [1.165, 1.54) is 18.4 Å². The van der Waals surface area contributed by atoms with Gasteiger partial charge in [-0.05, 0) is 38.5 Å². The maximum absolute atomic E-state index is 14.2. The van der Waals surface area contributed by atoms with Gasteiger partial charge in [0.05, 0.1) is 0 Å². The molecule has 0 aliphatic heterocycles. The van der Waals surface area contributed by atoms with Crippen LogP contribution < -0.4 is 10.6 Å². The molecule has 116 valence electrons. The highest BCUT2D eigenvalue weighted by molar-refractivity contribution is 7.79. The van der Waals surface area contributed by atoms with Gasteiger partial charge in [0.2, 0.25) is 0 Å². The molecule has 1 atom stereocenters. The molecule has 1 aliphatic carbocycles. The smallest absolute Gasteiger partial charge is 0.146 e. The van der Waals surface area contributed by atoms with Gasteiger partial charge < -0.3 is 4.57 Å². The number of hydrogen-bond acceptors (Lipinski definition) is 1. The summed E-state index contributed by atoms with van der Waals surface area (Å²) in [5.41, 5.74) is 1.52. The zero-order valence-corrected chi connectivity index (χ0v) is 14.4. The minimum Gasteiger partial charge on any atom is -0.313 e. The lowest BCUT2D eigenvalue weighted by atomic mass is 9.91. The molecule has 0 bridgehead atoms. The zero-order valence-electron chi connectivity index (χ0n) is 13.5. The van der Waals surface area contributed by atoms with Crippen molar-refractivity contribution >= 4 is 17.8 Å². The largest absolute Gasteiger partial charge is 0.313 e. The summed E-state index contributed by atoms with van der Waals surface area (Å²) in [6.45, 7) is 4.40. The third kappa shape index (κ3) is 2.92. The van der Waals surface area contributed by atoms with E-state index < -0.39 is 7.14 Å². The van der Waals surface area contributed by atoms with E-state index in [4.69, 9.17) is 0 Å². The summed E-state index contributed by atoms with van der Waals surface area (Å²) in [6.07, 6.45) is 4.57. The van der Waals surface area contributed by atoms with Crippen LogP contribution in [0.5, 0.6) is 0 Å². The van der Waals surface area contributed by atoms with Gasteiger partial charge in [-0.3, -0.25) is 0 Å². The predicted molar refractivity (Wildman–Crippen MR) is 95.9 cm³/mol. The van der Waals surface area contributed by atoms with Crippen LogP contribution in [0, 0.1) is 12.8 Å². The molecule has 2 heteroatoms. The van der Waals surface area contributed by atoms with Gasteiger partial charge in [-0.1, -0.05) is 67.1 Å². The summed E-state index contributed by atoms with van der Waals surface area (Å²) < 4.78 is 14.2. The fourth-order valence-corrected chi connectivity index (χ4v) is 6.97. The van der Waals surface area contributed by atoms with Crippen molar-refractivity contribution in [2.75, 3.05) is 0 Å². The van der Waals surface area contributed by atoms with E-state index in [1.807, 2.05) is 18.2 Å². The van der Waals surface area contributed by atoms with E-state index in [9.17, 15) is 4.57 Å². The van der Waals surface area contributed by atoms with Gasteiger partial charge in [0.25, 0.3) is 0 Å². The number of rotatable bonds is 3. The van der Waals surface area contributed by atoms with E-state index in [-0.39, 0.29) is 0 Å². The van der Waals surface area contributed by atoms with Crippen molar-refractivity contribution < 1.29 is 4.57 Å². The highest BCUT2D eigenvalue weighted by atomic mass is 31.2. The van der Waals surface area contributed by atoms with Crippen LogP contribution in [0.25, 0.3) is 0 Å². The molecule has 22 heavy (non-hydrogen) atoms. The van der Waals surface area contributed by atoms with Crippen LogP contribution in [0.4, 0.5) is 0 Å². The fraction of sp³-hybridized carbons (Fsp3) is 0.400. The van der Waals surface area contributed by atoms with Gasteiger partial charge in [-0.25, -0.2) is 0 Å². The quantitative estimate of drug-likeness (QED) is 0.738. The lowest BCUT2D eigenvalue weighted by molar-refractivity contribution is 0.384. The Labute approximate surface area is 134 Å². The molecule has 1 aliphatic rings. The Hall–Kier alpha value is -1.33. The molecular weight excluding hydrogens is 287 g/mol. The molecule has 0 N–H and O–H groups in total. The first-order valence-electron chi connectivity index (χ1n) is 8.33. The molecule has 1 saturated carbocycles. The topological polar surface area (TPSA) is 17.1 Å². The van der Waals surface area contributed by atoms with Gasteiger partial charge in [-0.2, -0.15) is 0 Å². The van der Waals surface area contributed by atoms with Crippen LogP contribution in [-0.2, 0) is 4.57 Å². The van der Waals surface area contributed by atoms with E-state index in [0.29, 0.717) is 5.66 Å². The van der Waals surface area contributed by atoms with Crippen LogP contribution in [-0.4, -0.2) is 5.66 Å². The van der Waals surface area contributed by atoms with Crippen LogP contribution in [0.3, 0.4) is 0 Å². The molecule has 0 spiro atoms. The average Bonchev–Trinajstić information content (AvgIpc) is 2.56. The minimum absolute atomic E-state index is 0.300. The molecule has 0 aromatic heterocycles. The molecule has 2 aromatic rings. The molecule has 0 amide bonds. The molecule has 0 heterocycles. The second-order valence-electron chi connectivity index (χ2n) is 6.74. The first kappa shape index (κ1) is 15.6. The molecule has 1 fully saturated rings. The molecule has 0 saturated heterocycles. The standard InChI is InChI=1S/C20H25OP/c1-16-8-12-19(13-9-16)22(21,18-6-4-3-5-7-18)20-14-10-17(2)11-15-20/h3-9,12-13,17,20H,10-11,14-15H2,1-2H3. The Morgan fingerprint density at radius 3 is 1.95 bits per heavy atom. The van der Waals surface area contributed by atoms with E-state index in [2.05, 4.69) is 50.2 Å². The van der Waals surface area contributed by atoms with Gasteiger partial charge in [0.1, 0.15) is 7.14 Å². The maximum atomic E-state index is 14.2. The maximum Gasteiger partial charge on any atom is 0.146 e. The molecule has 3 rings (SSSR count). The zero-order chi connectivity index (χ0) is 15.6. The van der Waals surface area contributed by atoms with E-state index in [1.54, 1.807) is 0 Å². The highest BCUT2D eigenvalue weighted by Gasteiger charge is 2.38. The Balaban J connectivity index is 2.06. The third-order valence-corrected chi connectivity index (χ3v) is 8.73. The summed E-state index contributed by atoms with van der Waals surface area (Å²) in [6, 6.07) is 18.5. The van der Waals surface area contributed by atoms with Crippen molar-refractivity contribution in [1.82, 2.24) is 0 Å². The summed E-state index contributed by atoms with van der Waals surface area (Å²) in [5.74, 6) is 0.776. The van der Waals surface area contributed by atoms with Gasteiger partial charge in [-0.15, -0.1) is 0 Å². The van der Waals surface area contributed by atoms with E-state index in [0.717, 1.165) is 29.4 Å². The van der Waals surface area contributed by atoms with Crippen LogP contribution in [0.1, 0.15) is 38.2 Å². The Morgan fingerprint density at radius 1 is 0.818 bits per heavy atom. The van der Waals surface area contributed by atoms with Crippen molar-refractivity contribution in [3.8, 4) is 0 Å². The van der Waals surface area contributed by atoms with Gasteiger partial charge in [0.15, 0.2) is 0 Å². The summed E-state index contributed by atoms with van der Waals surface area (Å²) >= 11 is 0. The highest BCUT2D eigenvalue weighted by Crippen LogP contribution is 2.54. The lowest BCUT2D eigenvalue weighted by Gasteiger charge is -2.33. The van der Waals surface area contributed by atoms with E-state index >= 15 is 0 Å². The number of benzene rings is 2.